The summed E-state index contributed by atoms with van der Waals surface area (Å²) in [5.74, 6) is 0. The van der Waals surface area contributed by atoms with E-state index in [1.54, 1.807) is 0 Å². The maximum absolute atomic E-state index is 5.76. The van der Waals surface area contributed by atoms with Gasteiger partial charge in [0.15, 0.2) is 0 Å². The topological polar surface area (TPSA) is 45.0 Å². The van der Waals surface area contributed by atoms with Crippen molar-refractivity contribution < 1.29 is 0 Å². The Morgan fingerprint density at radius 1 is 1.28 bits per heavy atom. The molecule has 3 heteroatoms. The number of nitrogens with zero attached hydrogens (tertiary/aromatic N) is 1. The average Bonchev–Trinajstić information content (AvgIpc) is 2.88. The van der Waals surface area contributed by atoms with Gasteiger partial charge in [-0.05, 0) is 50.4 Å². The van der Waals surface area contributed by atoms with Crippen LogP contribution in [0.4, 0.5) is 5.69 Å². The molecule has 1 aromatic heterocycles. The molecule has 96 valence electrons. The van der Waals surface area contributed by atoms with Crippen LogP contribution < -0.4 is 10.6 Å². The second-order valence-electron chi connectivity index (χ2n) is 5.14. The lowest BCUT2D eigenvalue weighted by atomic mass is 9.98. The number of piperidine rings is 1. The fourth-order valence-corrected chi connectivity index (χ4v) is 3.13. The van der Waals surface area contributed by atoms with Crippen LogP contribution in [0.3, 0.4) is 0 Å². The number of rotatable bonds is 3. The molecule has 3 nitrogen and oxygen atoms in total. The molecule has 0 saturated carbocycles. The molecule has 1 aliphatic rings. The summed E-state index contributed by atoms with van der Waals surface area (Å²) in [6, 6.07) is 9.32. The van der Waals surface area contributed by atoms with Gasteiger partial charge in [0.05, 0.1) is 0 Å². The summed E-state index contributed by atoms with van der Waals surface area (Å²) in [7, 11) is 0. The van der Waals surface area contributed by atoms with Crippen molar-refractivity contribution in [2.45, 2.75) is 31.7 Å². The lowest BCUT2D eigenvalue weighted by Gasteiger charge is -2.38. The van der Waals surface area contributed by atoms with E-state index in [4.69, 9.17) is 5.73 Å². The molecule has 0 amide bonds. The van der Waals surface area contributed by atoms with Crippen LogP contribution in [0.15, 0.2) is 30.5 Å². The highest BCUT2D eigenvalue weighted by Gasteiger charge is 2.23. The Kier molecular flexibility index (Phi) is 3.24. The van der Waals surface area contributed by atoms with E-state index in [-0.39, 0.29) is 0 Å². The number of hydrogen-bond donors (Lipinski definition) is 2. The van der Waals surface area contributed by atoms with E-state index in [0.717, 1.165) is 19.5 Å². The lowest BCUT2D eigenvalue weighted by molar-refractivity contribution is 0.443. The fraction of sp³-hybridized carbons (Fsp3) is 0.467. The molecule has 1 aromatic carbocycles. The number of benzene rings is 1. The van der Waals surface area contributed by atoms with Gasteiger partial charge in [0.2, 0.25) is 0 Å². The fourth-order valence-electron chi connectivity index (χ4n) is 3.13. The van der Waals surface area contributed by atoms with Gasteiger partial charge in [0, 0.05) is 35.4 Å². The zero-order chi connectivity index (χ0) is 12.4. The third-order valence-corrected chi connectivity index (χ3v) is 4.01. The minimum Gasteiger partial charge on any atom is -0.368 e. The van der Waals surface area contributed by atoms with Crippen LogP contribution in [0.25, 0.3) is 10.9 Å². The molecule has 2 aromatic rings. The Hall–Kier alpha value is -1.48. The quantitative estimate of drug-likeness (QED) is 0.870. The maximum atomic E-state index is 5.76. The second-order valence-corrected chi connectivity index (χ2v) is 5.14. The van der Waals surface area contributed by atoms with Gasteiger partial charge in [-0.2, -0.15) is 0 Å². The molecule has 1 fully saturated rings. The Balaban J connectivity index is 1.98. The van der Waals surface area contributed by atoms with Crippen molar-refractivity contribution in [3.05, 3.63) is 30.5 Å². The van der Waals surface area contributed by atoms with E-state index < -0.39 is 0 Å². The first-order valence-electron chi connectivity index (χ1n) is 6.93. The highest BCUT2D eigenvalue weighted by atomic mass is 15.2. The van der Waals surface area contributed by atoms with Crippen LogP contribution in [0.1, 0.15) is 25.7 Å². The van der Waals surface area contributed by atoms with E-state index in [2.05, 4.69) is 34.1 Å². The summed E-state index contributed by atoms with van der Waals surface area (Å²) in [5.41, 5.74) is 8.35. The van der Waals surface area contributed by atoms with E-state index in [1.807, 2.05) is 6.20 Å². The van der Waals surface area contributed by atoms with Gasteiger partial charge in [-0.15, -0.1) is 0 Å². The van der Waals surface area contributed by atoms with Gasteiger partial charge in [-0.1, -0.05) is 6.07 Å². The van der Waals surface area contributed by atoms with Crippen LogP contribution in [0, 0.1) is 0 Å². The van der Waals surface area contributed by atoms with Crippen LogP contribution in [-0.4, -0.2) is 24.1 Å². The predicted octanol–water partition coefficient (Wildman–Crippen LogP) is 2.88. The smallest absolute Gasteiger partial charge is 0.0474 e. The van der Waals surface area contributed by atoms with Gasteiger partial charge in [-0.25, -0.2) is 0 Å². The minimum absolute atomic E-state index is 0.615. The summed E-state index contributed by atoms with van der Waals surface area (Å²) in [5, 5.41) is 1.33. The highest BCUT2D eigenvalue weighted by molar-refractivity contribution is 5.92. The molecule has 1 unspecified atom stereocenters. The van der Waals surface area contributed by atoms with E-state index >= 15 is 0 Å². The van der Waals surface area contributed by atoms with Crippen LogP contribution in [0.5, 0.6) is 0 Å². The summed E-state index contributed by atoms with van der Waals surface area (Å²) in [4.78, 5) is 5.86. The van der Waals surface area contributed by atoms with E-state index in [1.165, 1.54) is 35.9 Å². The van der Waals surface area contributed by atoms with Crippen molar-refractivity contribution in [3.8, 4) is 0 Å². The second kappa shape index (κ2) is 5.02. The van der Waals surface area contributed by atoms with Crippen molar-refractivity contribution in [2.24, 2.45) is 5.73 Å². The zero-order valence-corrected chi connectivity index (χ0v) is 10.7. The zero-order valence-electron chi connectivity index (χ0n) is 10.7. The van der Waals surface area contributed by atoms with Crippen molar-refractivity contribution >= 4 is 16.6 Å². The molecule has 1 aliphatic heterocycles. The van der Waals surface area contributed by atoms with Crippen molar-refractivity contribution in [1.82, 2.24) is 4.98 Å². The number of anilines is 1. The van der Waals surface area contributed by atoms with E-state index in [9.17, 15) is 0 Å². The predicted molar refractivity (Wildman–Crippen MR) is 77.0 cm³/mol. The van der Waals surface area contributed by atoms with Crippen molar-refractivity contribution in [2.75, 3.05) is 18.0 Å². The van der Waals surface area contributed by atoms with Crippen molar-refractivity contribution in [1.29, 1.82) is 0 Å². The first-order valence-corrected chi connectivity index (χ1v) is 6.93. The molecular weight excluding hydrogens is 222 g/mol. The largest absolute Gasteiger partial charge is 0.368 e. The van der Waals surface area contributed by atoms with Gasteiger partial charge < -0.3 is 15.6 Å². The maximum Gasteiger partial charge on any atom is 0.0474 e. The summed E-state index contributed by atoms with van der Waals surface area (Å²) < 4.78 is 0. The molecular formula is C15H21N3. The van der Waals surface area contributed by atoms with E-state index in [0.29, 0.717) is 6.04 Å². The Labute approximate surface area is 108 Å². The standard InChI is InChI=1S/C15H21N3/c16-9-7-12-4-1-2-11-18(12)15-6-3-5-14-13(15)8-10-17-14/h3,5-6,8,10,12,17H,1-2,4,7,9,11,16H2. The number of nitrogens with one attached hydrogen (secondary N) is 1. The minimum atomic E-state index is 0.615. The van der Waals surface area contributed by atoms with Crippen LogP contribution >= 0.6 is 0 Å². The number of fused-ring (bicyclic) bond motifs is 1. The molecule has 1 atom stereocenters. The molecule has 2 heterocycles. The molecule has 1 saturated heterocycles. The Morgan fingerprint density at radius 3 is 3.11 bits per heavy atom. The monoisotopic (exact) mass is 243 g/mol. The molecule has 0 spiro atoms. The number of nitrogens with two attached hydrogens (primary N) is 1. The van der Waals surface area contributed by atoms with Crippen LogP contribution in [0.2, 0.25) is 0 Å². The van der Waals surface area contributed by atoms with Crippen LogP contribution in [-0.2, 0) is 0 Å². The Morgan fingerprint density at radius 2 is 2.22 bits per heavy atom. The molecule has 3 N–H and O–H groups in total. The molecule has 0 aliphatic carbocycles. The molecule has 0 radical (unpaired) electrons. The van der Waals surface area contributed by atoms with Gasteiger partial charge >= 0.3 is 0 Å². The first kappa shape index (κ1) is 11.6. The summed E-state index contributed by atoms with van der Waals surface area (Å²) in [6.07, 6.45) is 7.03. The SMILES string of the molecule is NCCC1CCCCN1c1cccc2[nH]ccc12. The summed E-state index contributed by atoms with van der Waals surface area (Å²) >= 11 is 0. The number of aromatic nitrogens is 1. The molecule has 18 heavy (non-hydrogen) atoms. The number of hydrogen-bond acceptors (Lipinski definition) is 2. The average molecular weight is 243 g/mol. The third kappa shape index (κ3) is 1.99. The lowest BCUT2D eigenvalue weighted by Crippen LogP contribution is -2.40. The number of aromatic amines is 1. The number of H-pyrrole nitrogens is 1. The highest BCUT2D eigenvalue weighted by Crippen LogP contribution is 2.32. The molecule has 0 bridgehead atoms. The Bertz CT molecular complexity index is 515. The first-order chi connectivity index (χ1) is 8.90. The summed E-state index contributed by atoms with van der Waals surface area (Å²) in [6.45, 7) is 1.94. The molecule has 3 rings (SSSR count). The van der Waals surface area contributed by atoms with Gasteiger partial charge in [0.1, 0.15) is 0 Å². The van der Waals surface area contributed by atoms with Gasteiger partial charge in [-0.3, -0.25) is 0 Å². The van der Waals surface area contributed by atoms with Crippen molar-refractivity contribution in [3.63, 3.8) is 0 Å². The third-order valence-electron chi connectivity index (χ3n) is 4.01. The normalized spacial score (nSPS) is 20.5. The van der Waals surface area contributed by atoms with Gasteiger partial charge in [0.25, 0.3) is 0 Å².